The largest absolute Gasteiger partial charge is 0.207 e. The van der Waals surface area contributed by atoms with E-state index < -0.39 is 23.1 Å². The van der Waals surface area contributed by atoms with E-state index >= 15 is 0 Å². The van der Waals surface area contributed by atoms with Crippen molar-refractivity contribution in [1.82, 2.24) is 0 Å². The molecule has 0 aliphatic rings. The Labute approximate surface area is 65.1 Å². The van der Waals surface area contributed by atoms with E-state index in [0.29, 0.717) is 12.1 Å². The van der Waals surface area contributed by atoms with Gasteiger partial charge < -0.3 is 0 Å². The highest BCUT2D eigenvalue weighted by Crippen LogP contribution is 2.21. The van der Waals surface area contributed by atoms with Crippen molar-refractivity contribution >= 4 is 5.69 Å². The fourth-order valence-corrected chi connectivity index (χ4v) is 0.663. The van der Waals surface area contributed by atoms with Gasteiger partial charge in [0.2, 0.25) is 0 Å². The van der Waals surface area contributed by atoms with Crippen LogP contribution in [0.4, 0.5) is 18.9 Å². The lowest BCUT2D eigenvalue weighted by Crippen LogP contribution is -1.85. The van der Waals surface area contributed by atoms with Gasteiger partial charge in [0, 0.05) is 11.0 Å². The zero-order valence-electron chi connectivity index (χ0n) is 5.63. The predicted octanol–water partition coefficient (Wildman–Crippen LogP) is 3.05. The van der Waals surface area contributed by atoms with Crippen LogP contribution >= 0.6 is 0 Å². The van der Waals surface area contributed by atoms with Crippen LogP contribution in [-0.2, 0) is 0 Å². The first-order valence-corrected chi connectivity index (χ1v) is 2.85. The molecule has 0 spiro atoms. The Morgan fingerprint density at radius 1 is 1.25 bits per heavy atom. The highest BCUT2D eigenvalue weighted by atomic mass is 19.2. The predicted molar refractivity (Wildman–Crippen MR) is 35.1 cm³/mol. The molecule has 1 rings (SSSR count). The van der Waals surface area contributed by atoms with E-state index in [1.165, 1.54) is 0 Å². The van der Waals surface area contributed by atoms with E-state index in [4.69, 9.17) is 5.53 Å². The molecule has 0 amide bonds. The molecule has 0 atom stereocenters. The molecular weight excluding hydrogens is 171 g/mol. The van der Waals surface area contributed by atoms with Gasteiger partial charge in [-0.3, -0.25) is 0 Å². The van der Waals surface area contributed by atoms with E-state index in [1.54, 1.807) is 0 Å². The van der Waals surface area contributed by atoms with Gasteiger partial charge in [-0.1, -0.05) is 5.11 Å². The summed E-state index contributed by atoms with van der Waals surface area (Å²) in [5.41, 5.74) is 7.19. The highest BCUT2D eigenvalue weighted by molar-refractivity contribution is 5.39. The van der Waals surface area contributed by atoms with Gasteiger partial charge in [-0.25, -0.2) is 13.2 Å². The zero-order valence-corrected chi connectivity index (χ0v) is 5.63. The number of benzene rings is 1. The zero-order chi connectivity index (χ0) is 9.14. The van der Waals surface area contributed by atoms with Crippen LogP contribution in [0.3, 0.4) is 0 Å². The van der Waals surface area contributed by atoms with E-state index in [-0.39, 0.29) is 0 Å². The molecule has 1 aromatic rings. The van der Waals surface area contributed by atoms with Gasteiger partial charge >= 0.3 is 0 Å². The molecule has 3 nitrogen and oxygen atoms in total. The summed E-state index contributed by atoms with van der Waals surface area (Å²) < 4.78 is 37.3. The summed E-state index contributed by atoms with van der Waals surface area (Å²) in [7, 11) is 0. The average molecular weight is 173 g/mol. The maximum atomic E-state index is 12.6. The Morgan fingerprint density at radius 3 is 2.50 bits per heavy atom. The Hall–Kier alpha value is -1.68. The standard InChI is InChI=1S/C6H2F3N3/c7-3-1-4(8)6(9)5(2-3)11-12-10/h1-2H. The van der Waals surface area contributed by atoms with Crippen molar-refractivity contribution in [2.75, 3.05) is 0 Å². The van der Waals surface area contributed by atoms with Crippen LogP contribution in [0.5, 0.6) is 0 Å². The van der Waals surface area contributed by atoms with Gasteiger partial charge in [0.15, 0.2) is 11.6 Å². The molecule has 0 fully saturated rings. The summed E-state index contributed by atoms with van der Waals surface area (Å²) in [4.78, 5) is 2.20. The number of hydrogen-bond acceptors (Lipinski definition) is 1. The molecule has 0 aliphatic carbocycles. The number of azide groups is 1. The third-order valence-corrected chi connectivity index (χ3v) is 1.13. The first-order valence-electron chi connectivity index (χ1n) is 2.85. The van der Waals surface area contributed by atoms with Crippen LogP contribution in [0, 0.1) is 17.5 Å². The lowest BCUT2D eigenvalue weighted by molar-refractivity contribution is 0.497. The fraction of sp³-hybridized carbons (Fsp3) is 0. The maximum absolute atomic E-state index is 12.6. The molecule has 0 radical (unpaired) electrons. The molecule has 0 bridgehead atoms. The van der Waals surface area contributed by atoms with Gasteiger partial charge in [0.25, 0.3) is 0 Å². The normalized spacial score (nSPS) is 9.25. The molecule has 62 valence electrons. The molecule has 0 heterocycles. The SMILES string of the molecule is [N-]=[N+]=Nc1cc(F)cc(F)c1F. The minimum Gasteiger partial charge on any atom is -0.207 e. The van der Waals surface area contributed by atoms with Crippen LogP contribution in [0.15, 0.2) is 17.2 Å². The van der Waals surface area contributed by atoms with E-state index in [2.05, 4.69) is 10.0 Å². The molecule has 0 saturated carbocycles. The summed E-state index contributed by atoms with van der Waals surface area (Å²) >= 11 is 0. The van der Waals surface area contributed by atoms with Crippen LogP contribution in [0.2, 0.25) is 0 Å². The summed E-state index contributed by atoms with van der Waals surface area (Å²) in [5, 5.41) is 2.75. The molecule has 12 heavy (non-hydrogen) atoms. The van der Waals surface area contributed by atoms with Crippen molar-refractivity contribution in [3.05, 3.63) is 40.0 Å². The van der Waals surface area contributed by atoms with Crippen LogP contribution in [0.25, 0.3) is 10.4 Å². The minimum absolute atomic E-state index is 0.367. The van der Waals surface area contributed by atoms with Gasteiger partial charge in [-0.05, 0) is 11.6 Å². The van der Waals surface area contributed by atoms with Gasteiger partial charge in [0.05, 0.1) is 5.69 Å². The van der Waals surface area contributed by atoms with Crippen LogP contribution in [0.1, 0.15) is 0 Å². The number of nitrogens with zero attached hydrogens (tertiary/aromatic N) is 3. The van der Waals surface area contributed by atoms with E-state index in [1.807, 2.05) is 0 Å². The molecule has 6 heteroatoms. The van der Waals surface area contributed by atoms with Gasteiger partial charge in [0.1, 0.15) is 5.82 Å². The van der Waals surface area contributed by atoms with E-state index in [0.717, 1.165) is 0 Å². The Morgan fingerprint density at radius 2 is 1.92 bits per heavy atom. The Balaban J connectivity index is 3.36. The Kier molecular flexibility index (Phi) is 2.21. The van der Waals surface area contributed by atoms with Crippen molar-refractivity contribution in [3.8, 4) is 0 Å². The Bertz CT molecular complexity index is 357. The number of rotatable bonds is 1. The lowest BCUT2D eigenvalue weighted by atomic mass is 10.3. The molecule has 0 N–H and O–H groups in total. The van der Waals surface area contributed by atoms with Crippen molar-refractivity contribution < 1.29 is 13.2 Å². The van der Waals surface area contributed by atoms with E-state index in [9.17, 15) is 13.2 Å². The summed E-state index contributed by atoms with van der Waals surface area (Å²) in [5.74, 6) is -3.72. The second-order valence-electron chi connectivity index (χ2n) is 1.91. The fourth-order valence-electron chi connectivity index (χ4n) is 0.663. The monoisotopic (exact) mass is 173 g/mol. The number of hydrogen-bond donors (Lipinski definition) is 0. The topological polar surface area (TPSA) is 48.8 Å². The van der Waals surface area contributed by atoms with Gasteiger partial charge in [-0.2, -0.15) is 0 Å². The summed E-state index contributed by atoms with van der Waals surface area (Å²) in [6.45, 7) is 0. The molecule has 1 aromatic carbocycles. The van der Waals surface area contributed by atoms with Gasteiger partial charge in [-0.15, -0.1) is 0 Å². The maximum Gasteiger partial charge on any atom is 0.168 e. The van der Waals surface area contributed by atoms with Crippen molar-refractivity contribution in [3.63, 3.8) is 0 Å². The highest BCUT2D eigenvalue weighted by Gasteiger charge is 2.08. The van der Waals surface area contributed by atoms with Crippen molar-refractivity contribution in [1.29, 1.82) is 0 Å². The average Bonchev–Trinajstić information content (AvgIpc) is 2.00. The first kappa shape index (κ1) is 8.42. The minimum atomic E-state index is -1.38. The molecule has 0 aliphatic heterocycles. The third kappa shape index (κ3) is 1.49. The second-order valence-corrected chi connectivity index (χ2v) is 1.91. The summed E-state index contributed by atoms with van der Waals surface area (Å²) in [6.07, 6.45) is 0. The molecule has 0 aromatic heterocycles. The van der Waals surface area contributed by atoms with Crippen molar-refractivity contribution in [2.24, 2.45) is 5.11 Å². The van der Waals surface area contributed by atoms with Crippen LogP contribution < -0.4 is 0 Å². The second kappa shape index (κ2) is 3.15. The van der Waals surface area contributed by atoms with Crippen molar-refractivity contribution in [2.45, 2.75) is 0 Å². The quantitative estimate of drug-likeness (QED) is 0.271. The number of halogens is 3. The smallest absolute Gasteiger partial charge is 0.168 e. The lowest BCUT2D eigenvalue weighted by Gasteiger charge is -1.96. The summed E-state index contributed by atoms with van der Waals surface area (Å²) in [6, 6.07) is 0.976. The first-order chi connectivity index (χ1) is 5.65. The molecule has 0 saturated heterocycles. The third-order valence-electron chi connectivity index (χ3n) is 1.13. The van der Waals surface area contributed by atoms with Crippen LogP contribution in [-0.4, -0.2) is 0 Å². The molecule has 0 unspecified atom stereocenters. The molecular formula is C6H2F3N3.